The van der Waals surface area contributed by atoms with Crippen molar-refractivity contribution >= 4 is 28.6 Å². The normalized spacial score (nSPS) is 19.1. The molecule has 0 unspecified atom stereocenters. The molecule has 278 valence electrons. The van der Waals surface area contributed by atoms with Crippen molar-refractivity contribution < 1.29 is 61.8 Å². The molecule has 0 radical (unpaired) electrons. The largest absolute Gasteiger partial charge is 1.00 e. The van der Waals surface area contributed by atoms with E-state index in [1.54, 1.807) is 13.2 Å². The number of carbonyl (C=O) groups excluding carboxylic acids is 1. The van der Waals surface area contributed by atoms with Crippen LogP contribution < -0.4 is 44.5 Å². The zero-order chi connectivity index (χ0) is 36.8. The fourth-order valence-electron chi connectivity index (χ4n) is 8.02. The number of nitrogens with one attached hydrogen (secondary N) is 1. The third kappa shape index (κ3) is 8.49. The number of fused-ring (bicyclic) bond motifs is 1. The molecule has 11 nitrogen and oxygen atoms in total. The molecule has 0 amide bonds. The van der Waals surface area contributed by atoms with Gasteiger partial charge in [0.2, 0.25) is 0 Å². The zero-order valence-corrected chi connectivity index (χ0v) is 32.6. The van der Waals surface area contributed by atoms with Gasteiger partial charge in [-0.2, -0.15) is 13.2 Å². The summed E-state index contributed by atoms with van der Waals surface area (Å²) in [5.41, 5.74) is 1.69. The molecule has 4 aromatic rings. The minimum Gasteiger partial charge on any atom is -0.550 e. The number of hydrogen-bond acceptors (Lipinski definition) is 10. The van der Waals surface area contributed by atoms with Crippen LogP contribution in [0, 0.1) is 11.2 Å². The van der Waals surface area contributed by atoms with Gasteiger partial charge < -0.3 is 29.4 Å². The number of hydrogen-bond donors (Lipinski definition) is 1. The second-order valence-electron chi connectivity index (χ2n) is 14.7. The number of piperazine rings is 1. The average molecular weight is 747 g/mol. The van der Waals surface area contributed by atoms with Gasteiger partial charge >= 0.3 is 35.7 Å². The van der Waals surface area contributed by atoms with Crippen LogP contribution in [0.25, 0.3) is 33.8 Å². The molecule has 3 aliphatic rings. The third-order valence-corrected chi connectivity index (χ3v) is 10.7. The van der Waals surface area contributed by atoms with Gasteiger partial charge in [0.05, 0.1) is 29.2 Å². The Morgan fingerprint density at radius 1 is 1.09 bits per heavy atom. The van der Waals surface area contributed by atoms with Crippen LogP contribution in [-0.2, 0) is 15.7 Å². The Morgan fingerprint density at radius 3 is 2.47 bits per heavy atom. The molecule has 1 aliphatic heterocycles. The summed E-state index contributed by atoms with van der Waals surface area (Å²) in [5, 5.41) is 10.9. The monoisotopic (exact) mass is 746 g/mol. The molecule has 53 heavy (non-hydrogen) atoms. The Labute approximate surface area is 327 Å². The van der Waals surface area contributed by atoms with E-state index in [-0.39, 0.29) is 76.1 Å². The first-order chi connectivity index (χ1) is 24.8. The van der Waals surface area contributed by atoms with Gasteiger partial charge in [-0.25, -0.2) is 19.3 Å². The molecular formula is C37H43F4N8NaO3. The van der Waals surface area contributed by atoms with Crippen LogP contribution in [0.1, 0.15) is 69.0 Å². The van der Waals surface area contributed by atoms with Crippen molar-refractivity contribution in [3.8, 4) is 22.6 Å². The number of pyridine rings is 3. The van der Waals surface area contributed by atoms with Crippen molar-refractivity contribution in [3.63, 3.8) is 0 Å². The minimum atomic E-state index is -4.56. The van der Waals surface area contributed by atoms with Gasteiger partial charge in [-0.1, -0.05) is 12.8 Å². The number of carboxylic acids is 1. The van der Waals surface area contributed by atoms with E-state index in [9.17, 15) is 23.1 Å². The minimum absolute atomic E-state index is 0. The van der Waals surface area contributed by atoms with Crippen molar-refractivity contribution in [1.82, 2.24) is 29.8 Å². The van der Waals surface area contributed by atoms with E-state index in [1.807, 2.05) is 23.8 Å². The van der Waals surface area contributed by atoms with Gasteiger partial charge in [0.25, 0.3) is 0 Å². The number of aliphatic carboxylic acids is 1. The molecule has 1 saturated heterocycles. The molecule has 3 fully saturated rings. The number of halogens is 4. The molecule has 0 spiro atoms. The average Bonchev–Trinajstić information content (AvgIpc) is 3.70. The van der Waals surface area contributed by atoms with Gasteiger partial charge in [0, 0.05) is 93.7 Å². The van der Waals surface area contributed by atoms with E-state index in [4.69, 9.17) is 14.7 Å². The molecule has 4 aromatic heterocycles. The van der Waals surface area contributed by atoms with E-state index >= 15 is 4.39 Å². The first kappa shape index (κ1) is 39.3. The Balaban J connectivity index is 0.00000481. The fourth-order valence-corrected chi connectivity index (χ4v) is 8.02. The quantitative estimate of drug-likeness (QED) is 0.171. The van der Waals surface area contributed by atoms with E-state index in [2.05, 4.69) is 19.9 Å². The maximum Gasteiger partial charge on any atom is 1.00 e. The predicted molar refractivity (Wildman–Crippen MR) is 186 cm³/mol. The number of ether oxygens (including phenoxy) is 1. The maximum absolute atomic E-state index is 15.8. The van der Waals surface area contributed by atoms with Gasteiger partial charge in [-0.3, -0.25) is 9.88 Å². The Kier molecular flexibility index (Phi) is 11.7. The number of aromatic nitrogens is 5. The molecular weight excluding hydrogens is 703 g/mol. The molecule has 16 heteroatoms. The van der Waals surface area contributed by atoms with E-state index in [0.29, 0.717) is 80.5 Å². The molecule has 2 saturated carbocycles. The molecule has 0 aromatic carbocycles. The molecule has 2 aliphatic carbocycles. The van der Waals surface area contributed by atoms with E-state index in [1.165, 1.54) is 18.5 Å². The molecule has 5 heterocycles. The summed E-state index contributed by atoms with van der Waals surface area (Å²) in [5.74, 6) is -1.32. The Bertz CT molecular complexity index is 1950. The number of alkyl halides is 3. The van der Waals surface area contributed by atoms with E-state index in [0.717, 1.165) is 31.7 Å². The van der Waals surface area contributed by atoms with Gasteiger partial charge in [0.1, 0.15) is 11.3 Å². The number of methoxy groups -OCH3 is 1. The molecule has 7 rings (SSSR count). The second-order valence-corrected chi connectivity index (χ2v) is 14.7. The smallest absolute Gasteiger partial charge is 0.550 e. The second kappa shape index (κ2) is 15.8. The van der Waals surface area contributed by atoms with Crippen LogP contribution in [0.3, 0.4) is 0 Å². The number of aromatic amines is 1. The van der Waals surface area contributed by atoms with Gasteiger partial charge in [-0.15, -0.1) is 0 Å². The summed E-state index contributed by atoms with van der Waals surface area (Å²) in [7, 11) is 3.64. The molecule has 1 atom stereocenters. The number of carboxylic acid groups (broad SMARTS) is 1. The maximum atomic E-state index is 15.8. The van der Waals surface area contributed by atoms with Crippen molar-refractivity contribution in [2.45, 2.75) is 70.0 Å². The Hall–Kier alpha value is -3.37. The number of H-pyrrole nitrogens is 1. The van der Waals surface area contributed by atoms with E-state index < -0.39 is 23.5 Å². The fraction of sp³-hybridized carbons (Fsp3) is 0.541. The number of rotatable bonds is 12. The number of carbonyl (C=O) groups is 1. The third-order valence-electron chi connectivity index (χ3n) is 10.7. The van der Waals surface area contributed by atoms with Crippen molar-refractivity contribution in [1.29, 1.82) is 0 Å². The number of nitrogens with zero attached hydrogens (tertiary/aromatic N) is 7. The zero-order valence-electron chi connectivity index (χ0n) is 30.6. The first-order valence-electron chi connectivity index (χ1n) is 17.9. The summed E-state index contributed by atoms with van der Waals surface area (Å²) in [4.78, 5) is 38.4. The Morgan fingerprint density at radius 2 is 1.83 bits per heavy atom. The molecule has 1 N–H and O–H groups in total. The predicted octanol–water partition coefficient (Wildman–Crippen LogP) is 2.41. The summed E-state index contributed by atoms with van der Waals surface area (Å²) in [6.45, 7) is 5.12. The molecule has 0 bridgehead atoms. The summed E-state index contributed by atoms with van der Waals surface area (Å²) < 4.78 is 64.1. The van der Waals surface area contributed by atoms with Crippen LogP contribution >= 0.6 is 0 Å². The summed E-state index contributed by atoms with van der Waals surface area (Å²) in [6.07, 6.45) is 3.91. The van der Waals surface area contributed by atoms with Crippen LogP contribution in [0.15, 0.2) is 30.6 Å². The van der Waals surface area contributed by atoms with Crippen LogP contribution in [-0.4, -0.2) is 95.3 Å². The van der Waals surface area contributed by atoms with Crippen LogP contribution in [0.4, 0.5) is 29.1 Å². The SMILES string of the molecule is COCC1(CN(C)c2cc(-c3cnc(C4CC4)c(C(F)(F)F)c3)nc3nc(-c4cnc(N5CCN(CCC(=O)[O-])C[C@H]5C)c(F)c4)[nH]c23)CCCC1.[Na+]. The van der Waals surface area contributed by atoms with Crippen LogP contribution in [0.5, 0.6) is 0 Å². The number of anilines is 2. The van der Waals surface area contributed by atoms with Crippen molar-refractivity contribution in [2.24, 2.45) is 5.41 Å². The van der Waals surface area contributed by atoms with Crippen LogP contribution in [0.2, 0.25) is 0 Å². The van der Waals surface area contributed by atoms with Crippen molar-refractivity contribution in [3.05, 3.63) is 47.7 Å². The standard InChI is InChI=1S/C37H44F4N8O3.Na/c1-22-19-48(11-8-30(50)51)12-13-49(22)35-27(38)15-25(18-43-35)33-45-32-29(47(2)20-36(21-52-3)9-4-5-10-36)16-28(44-34(32)46-33)24-14-26(37(39,40)41)31(42-17-24)23-6-7-23;/h14-18,22-23H,4-13,19-21H2,1-3H3,(H,50,51)(H,44,45,46);/q;+1/p-1/t22-;/m1./s1. The summed E-state index contributed by atoms with van der Waals surface area (Å²) >= 11 is 0. The first-order valence-corrected chi connectivity index (χ1v) is 17.9. The number of imidazole rings is 1. The topological polar surface area (TPSA) is 126 Å². The van der Waals surface area contributed by atoms with Gasteiger partial charge in [0.15, 0.2) is 17.3 Å². The summed E-state index contributed by atoms with van der Waals surface area (Å²) in [6, 6.07) is 4.16. The van der Waals surface area contributed by atoms with Gasteiger partial charge in [-0.05, 0) is 57.2 Å². The van der Waals surface area contributed by atoms with Crippen molar-refractivity contribution in [2.75, 3.05) is 63.3 Å².